The fourth-order valence-electron chi connectivity index (χ4n) is 1.07. The summed E-state index contributed by atoms with van der Waals surface area (Å²) >= 11 is 3.54. The van der Waals surface area contributed by atoms with E-state index in [1.165, 1.54) is 15.5 Å². The topological polar surface area (TPSA) is 12.9 Å². The van der Waals surface area contributed by atoms with E-state index in [0.29, 0.717) is 5.92 Å². The average Bonchev–Trinajstić information content (AvgIpc) is 2.34. The molecule has 0 spiro atoms. The zero-order valence-corrected chi connectivity index (χ0v) is 9.68. The highest BCUT2D eigenvalue weighted by Crippen LogP contribution is 2.32. The van der Waals surface area contributed by atoms with Crippen LogP contribution in [0.5, 0.6) is 0 Å². The second kappa shape index (κ2) is 4.28. The molecular formula is C9H15NS2. The van der Waals surface area contributed by atoms with Crippen LogP contribution >= 0.6 is 23.3 Å². The van der Waals surface area contributed by atoms with Crippen LogP contribution in [0.2, 0.25) is 0 Å². The van der Waals surface area contributed by atoms with Gasteiger partial charge in [-0.15, -0.1) is 11.8 Å². The summed E-state index contributed by atoms with van der Waals surface area (Å²) in [4.78, 5) is 2.78. The van der Waals surface area contributed by atoms with Crippen LogP contribution in [0, 0.1) is 6.92 Å². The molecule has 1 nitrogen and oxygen atoms in total. The minimum atomic E-state index is 0.559. The van der Waals surface area contributed by atoms with Crippen LogP contribution in [0.1, 0.15) is 37.3 Å². The van der Waals surface area contributed by atoms with Crippen molar-refractivity contribution in [3.05, 3.63) is 10.6 Å². The van der Waals surface area contributed by atoms with E-state index in [1.54, 1.807) is 11.5 Å². The first-order valence-corrected chi connectivity index (χ1v) is 6.01. The van der Waals surface area contributed by atoms with Gasteiger partial charge in [0.1, 0.15) is 0 Å². The number of hydrogen-bond donors (Lipinski definition) is 0. The van der Waals surface area contributed by atoms with E-state index in [4.69, 9.17) is 0 Å². The smallest absolute Gasteiger partial charge is 0.0706 e. The molecule has 1 aromatic heterocycles. The maximum Gasteiger partial charge on any atom is 0.0706 e. The van der Waals surface area contributed by atoms with Crippen molar-refractivity contribution in [1.29, 1.82) is 0 Å². The van der Waals surface area contributed by atoms with Gasteiger partial charge in [-0.3, -0.25) is 0 Å². The van der Waals surface area contributed by atoms with Gasteiger partial charge in [0.15, 0.2) is 0 Å². The Kier molecular flexibility index (Phi) is 3.59. The molecule has 3 heteroatoms. The van der Waals surface area contributed by atoms with Crippen LogP contribution in [0.3, 0.4) is 0 Å². The normalized spacial score (nSPS) is 11.1. The van der Waals surface area contributed by atoms with Crippen molar-refractivity contribution in [1.82, 2.24) is 4.37 Å². The molecular weight excluding hydrogens is 186 g/mol. The molecule has 0 N–H and O–H groups in total. The third kappa shape index (κ3) is 2.02. The molecule has 1 aromatic rings. The van der Waals surface area contributed by atoms with Crippen molar-refractivity contribution < 1.29 is 0 Å². The van der Waals surface area contributed by atoms with E-state index in [0.717, 1.165) is 5.75 Å². The lowest BCUT2D eigenvalue weighted by Gasteiger charge is -2.04. The lowest BCUT2D eigenvalue weighted by molar-refractivity contribution is 0.815. The summed E-state index contributed by atoms with van der Waals surface area (Å²) < 4.78 is 4.45. The van der Waals surface area contributed by atoms with Crippen molar-refractivity contribution in [3.63, 3.8) is 0 Å². The molecule has 0 amide bonds. The molecule has 0 bridgehead atoms. The Bertz CT molecular complexity index is 253. The van der Waals surface area contributed by atoms with Crippen molar-refractivity contribution in [2.24, 2.45) is 0 Å². The number of hydrogen-bond acceptors (Lipinski definition) is 3. The summed E-state index contributed by atoms with van der Waals surface area (Å²) in [5.41, 5.74) is 1.28. The number of aryl methyl sites for hydroxylation is 1. The Hall–Kier alpha value is -0.0200. The number of aromatic nitrogens is 1. The Morgan fingerprint density at radius 3 is 2.67 bits per heavy atom. The van der Waals surface area contributed by atoms with Crippen molar-refractivity contribution in [3.8, 4) is 0 Å². The molecule has 0 aliphatic carbocycles. The molecule has 12 heavy (non-hydrogen) atoms. The lowest BCUT2D eigenvalue weighted by Crippen LogP contribution is -1.89. The largest absolute Gasteiger partial charge is 0.196 e. The molecule has 1 rings (SSSR count). The van der Waals surface area contributed by atoms with Gasteiger partial charge in [0.25, 0.3) is 0 Å². The first kappa shape index (κ1) is 10.1. The van der Waals surface area contributed by atoms with E-state index in [1.807, 2.05) is 11.8 Å². The molecule has 0 saturated carbocycles. The van der Waals surface area contributed by atoms with Gasteiger partial charge in [0, 0.05) is 9.77 Å². The minimum Gasteiger partial charge on any atom is -0.196 e. The Morgan fingerprint density at radius 2 is 2.17 bits per heavy atom. The molecule has 0 aliphatic heterocycles. The van der Waals surface area contributed by atoms with Gasteiger partial charge < -0.3 is 0 Å². The molecule has 0 unspecified atom stereocenters. The first-order chi connectivity index (χ1) is 5.66. The molecule has 0 saturated heterocycles. The maximum atomic E-state index is 4.45. The first-order valence-electron chi connectivity index (χ1n) is 4.25. The van der Waals surface area contributed by atoms with Gasteiger partial charge in [-0.2, -0.15) is 4.37 Å². The summed E-state index contributed by atoms with van der Waals surface area (Å²) in [7, 11) is 0. The predicted octanol–water partition coefficient (Wildman–Crippen LogP) is 3.69. The fraction of sp³-hybridized carbons (Fsp3) is 0.667. The van der Waals surface area contributed by atoms with Crippen molar-refractivity contribution in [2.75, 3.05) is 5.75 Å². The Morgan fingerprint density at radius 1 is 1.50 bits per heavy atom. The van der Waals surface area contributed by atoms with Crippen molar-refractivity contribution >= 4 is 23.3 Å². The molecule has 68 valence electrons. The van der Waals surface area contributed by atoms with Crippen molar-refractivity contribution in [2.45, 2.75) is 38.5 Å². The maximum absolute atomic E-state index is 4.45. The molecule has 0 atom stereocenters. The van der Waals surface area contributed by atoms with Gasteiger partial charge in [-0.25, -0.2) is 0 Å². The number of thioether (sulfide) groups is 1. The predicted molar refractivity (Wildman–Crippen MR) is 57.3 cm³/mol. The van der Waals surface area contributed by atoms with E-state index in [9.17, 15) is 0 Å². The highest BCUT2D eigenvalue weighted by atomic mass is 32.2. The van der Waals surface area contributed by atoms with Crippen LogP contribution in [-0.4, -0.2) is 10.1 Å². The van der Waals surface area contributed by atoms with Gasteiger partial charge >= 0.3 is 0 Å². The monoisotopic (exact) mass is 201 g/mol. The summed E-state index contributed by atoms with van der Waals surface area (Å²) in [6.07, 6.45) is 0. The zero-order valence-electron chi connectivity index (χ0n) is 8.05. The summed E-state index contributed by atoms with van der Waals surface area (Å²) in [6, 6.07) is 0. The number of rotatable bonds is 3. The van der Waals surface area contributed by atoms with Gasteiger partial charge in [0.2, 0.25) is 0 Å². The molecule has 0 aromatic carbocycles. The third-order valence-electron chi connectivity index (χ3n) is 1.67. The highest BCUT2D eigenvalue weighted by Gasteiger charge is 2.12. The molecule has 0 fully saturated rings. The number of nitrogens with zero attached hydrogens (tertiary/aromatic N) is 1. The van der Waals surface area contributed by atoms with Crippen LogP contribution in [0.25, 0.3) is 0 Å². The quantitative estimate of drug-likeness (QED) is 0.692. The SMILES string of the molecule is CCSc1c(C(C)C)nsc1C. The van der Waals surface area contributed by atoms with Gasteiger partial charge in [0.05, 0.1) is 5.69 Å². The summed E-state index contributed by atoms with van der Waals surface area (Å²) in [6.45, 7) is 8.75. The molecule has 0 aliphatic rings. The fourth-order valence-corrected chi connectivity index (χ4v) is 3.06. The summed E-state index contributed by atoms with van der Waals surface area (Å²) in [5, 5.41) is 0. The standard InChI is InChI=1S/C9H15NS2/c1-5-11-9-7(4)12-10-8(9)6(2)3/h6H,5H2,1-4H3. The second-order valence-corrected chi connectivity index (χ2v) is 5.29. The Labute approximate surface area is 82.7 Å². The Balaban J connectivity index is 2.95. The van der Waals surface area contributed by atoms with Crippen LogP contribution < -0.4 is 0 Å². The molecule has 1 heterocycles. The lowest BCUT2D eigenvalue weighted by atomic mass is 10.1. The minimum absolute atomic E-state index is 0.559. The van der Waals surface area contributed by atoms with Gasteiger partial charge in [-0.05, 0) is 30.1 Å². The highest BCUT2D eigenvalue weighted by molar-refractivity contribution is 7.99. The second-order valence-electron chi connectivity index (χ2n) is 3.04. The van der Waals surface area contributed by atoms with E-state index in [-0.39, 0.29) is 0 Å². The van der Waals surface area contributed by atoms with E-state index < -0.39 is 0 Å². The van der Waals surface area contributed by atoms with E-state index >= 15 is 0 Å². The molecule has 0 radical (unpaired) electrons. The van der Waals surface area contributed by atoms with E-state index in [2.05, 4.69) is 32.1 Å². The third-order valence-corrected chi connectivity index (χ3v) is 3.66. The van der Waals surface area contributed by atoms with Gasteiger partial charge in [-0.1, -0.05) is 20.8 Å². The van der Waals surface area contributed by atoms with Crippen LogP contribution in [-0.2, 0) is 0 Å². The van der Waals surface area contributed by atoms with Crippen LogP contribution in [0.4, 0.5) is 0 Å². The van der Waals surface area contributed by atoms with Crippen LogP contribution in [0.15, 0.2) is 4.90 Å². The zero-order chi connectivity index (χ0) is 9.14. The average molecular weight is 201 g/mol. The summed E-state index contributed by atoms with van der Waals surface area (Å²) in [5.74, 6) is 1.70.